The Kier molecular flexibility index (Phi) is 6.47. The summed E-state index contributed by atoms with van der Waals surface area (Å²) in [6.07, 6.45) is 4.45. The van der Waals surface area contributed by atoms with Crippen LogP contribution in [0.3, 0.4) is 0 Å². The molecular weight excluding hydrogens is 404 g/mol. The predicted octanol–water partition coefficient (Wildman–Crippen LogP) is 2.88. The van der Waals surface area contributed by atoms with E-state index in [2.05, 4.69) is 28.5 Å². The Labute approximate surface area is 177 Å². The van der Waals surface area contributed by atoms with E-state index in [9.17, 15) is 9.00 Å². The molecule has 1 aromatic heterocycles. The molecule has 2 unspecified atom stereocenters. The summed E-state index contributed by atoms with van der Waals surface area (Å²) < 4.78 is 22.2. The zero-order chi connectivity index (χ0) is 22.1. The van der Waals surface area contributed by atoms with Crippen molar-refractivity contribution < 1.29 is 13.7 Å². The van der Waals surface area contributed by atoms with Crippen LogP contribution in [-0.2, 0) is 27.5 Å². The Morgan fingerprint density at radius 3 is 2.77 bits per heavy atom. The number of pyridine rings is 1. The van der Waals surface area contributed by atoms with Gasteiger partial charge in [0.2, 0.25) is 5.90 Å². The van der Waals surface area contributed by atoms with Crippen LogP contribution in [0.5, 0.6) is 0 Å². The molecule has 3 rings (SSSR count). The third kappa shape index (κ3) is 4.49. The molecule has 1 aromatic rings. The topological polar surface area (TPSA) is 145 Å². The number of nitrogens with two attached hydrogens (primary N) is 2. The molecule has 0 spiro atoms. The molecular formula is C20H30N6O3S. The Hall–Kier alpha value is -2.46. The first kappa shape index (κ1) is 22.2. The number of hydrogen-bond donors (Lipinski definition) is 3. The lowest BCUT2D eigenvalue weighted by Gasteiger charge is -2.20. The fourth-order valence-electron chi connectivity index (χ4n) is 3.79. The smallest absolute Gasteiger partial charge is 0.354 e. The van der Waals surface area contributed by atoms with Crippen LogP contribution in [0, 0.1) is 6.92 Å². The molecule has 9 nitrogen and oxygen atoms in total. The van der Waals surface area contributed by atoms with Gasteiger partial charge in [-0.2, -0.15) is 0 Å². The number of aryl methyl sites for hydroxylation is 1. The molecule has 2 amide bonds. The lowest BCUT2D eigenvalue weighted by atomic mass is 9.99. The SMILES string of the molecule is Cc1c(C(C)C)nc2c(c1NC(=O)N=S(N)(=O)/C(=C/N)C1=NC(C)CCO1)CCC2. The first-order valence-electron chi connectivity index (χ1n) is 10.1. The van der Waals surface area contributed by atoms with Crippen molar-refractivity contribution in [3.8, 4) is 0 Å². The molecule has 0 fully saturated rings. The minimum absolute atomic E-state index is 0.0239. The third-order valence-corrected chi connectivity index (χ3v) is 6.67. The van der Waals surface area contributed by atoms with Gasteiger partial charge in [0, 0.05) is 24.0 Å². The normalized spacial score (nSPS) is 20.8. The van der Waals surface area contributed by atoms with Gasteiger partial charge in [0.25, 0.3) is 0 Å². The molecule has 2 aliphatic rings. The number of nitrogens with one attached hydrogen (secondary N) is 1. The standard InChI is InChI=1S/C20H30N6O3S/c1-11(2)17-13(4)18(14-6-5-7-15(14)24-17)25-20(27)26-30(22,28)16(10-21)19-23-12(3)8-9-29-19/h10-12H,5-9,21H2,1-4H3,(H3,22,24,25,26,27,28)/b16-10+. The summed E-state index contributed by atoms with van der Waals surface area (Å²) in [5.74, 6) is 0.279. The van der Waals surface area contributed by atoms with Gasteiger partial charge in [0.15, 0.2) is 9.92 Å². The summed E-state index contributed by atoms with van der Waals surface area (Å²) in [5.41, 5.74) is 10.1. The summed E-state index contributed by atoms with van der Waals surface area (Å²) in [7, 11) is -3.64. The van der Waals surface area contributed by atoms with E-state index in [4.69, 9.17) is 20.6 Å². The first-order chi connectivity index (χ1) is 14.1. The van der Waals surface area contributed by atoms with Crippen LogP contribution in [0.25, 0.3) is 0 Å². The average Bonchev–Trinajstić information content (AvgIpc) is 3.12. The van der Waals surface area contributed by atoms with Gasteiger partial charge < -0.3 is 15.8 Å². The minimum atomic E-state index is -3.64. The van der Waals surface area contributed by atoms with E-state index >= 15 is 0 Å². The summed E-state index contributed by atoms with van der Waals surface area (Å²) in [6.45, 7) is 8.35. The van der Waals surface area contributed by atoms with Gasteiger partial charge in [-0.25, -0.2) is 19.1 Å². The quantitative estimate of drug-likeness (QED) is 0.667. The summed E-state index contributed by atoms with van der Waals surface area (Å²) >= 11 is 0. The monoisotopic (exact) mass is 434 g/mol. The van der Waals surface area contributed by atoms with E-state index in [1.807, 2.05) is 13.8 Å². The maximum absolute atomic E-state index is 13.0. The van der Waals surface area contributed by atoms with Crippen LogP contribution in [0.15, 0.2) is 20.5 Å². The third-order valence-electron chi connectivity index (χ3n) is 5.29. The van der Waals surface area contributed by atoms with E-state index in [-0.39, 0.29) is 22.8 Å². The number of hydrogen-bond acceptors (Lipinski definition) is 6. The van der Waals surface area contributed by atoms with Crippen LogP contribution in [0.2, 0.25) is 0 Å². The van der Waals surface area contributed by atoms with Gasteiger partial charge in [0.1, 0.15) is 4.91 Å². The van der Waals surface area contributed by atoms with Crippen LogP contribution in [0.4, 0.5) is 10.5 Å². The number of aromatic nitrogens is 1. The maximum Gasteiger partial charge on any atom is 0.354 e. The van der Waals surface area contributed by atoms with Crippen LogP contribution >= 0.6 is 0 Å². The fraction of sp³-hybridized carbons (Fsp3) is 0.550. The van der Waals surface area contributed by atoms with Crippen LogP contribution in [0.1, 0.15) is 62.0 Å². The van der Waals surface area contributed by atoms with Crippen molar-refractivity contribution in [1.82, 2.24) is 4.98 Å². The molecule has 0 saturated carbocycles. The molecule has 0 bridgehead atoms. The highest BCUT2D eigenvalue weighted by atomic mass is 32.2. The number of anilines is 1. The number of fused-ring (bicyclic) bond motifs is 1. The zero-order valence-electron chi connectivity index (χ0n) is 17.9. The molecule has 30 heavy (non-hydrogen) atoms. The molecule has 2 atom stereocenters. The number of carbonyl (C=O) groups is 1. The Balaban J connectivity index is 1.95. The average molecular weight is 435 g/mol. The van der Waals surface area contributed by atoms with Crippen molar-refractivity contribution in [1.29, 1.82) is 0 Å². The van der Waals surface area contributed by atoms with Gasteiger partial charge >= 0.3 is 6.03 Å². The molecule has 1 aliphatic heterocycles. The molecule has 10 heteroatoms. The molecule has 1 aliphatic carbocycles. The summed E-state index contributed by atoms with van der Waals surface area (Å²) in [4.78, 5) is 21.7. The van der Waals surface area contributed by atoms with Crippen LogP contribution in [-0.4, -0.2) is 33.8 Å². The van der Waals surface area contributed by atoms with Crippen molar-refractivity contribution >= 4 is 27.5 Å². The second kappa shape index (κ2) is 8.73. The molecule has 0 saturated heterocycles. The number of rotatable bonds is 4. The van der Waals surface area contributed by atoms with E-state index in [1.165, 1.54) is 0 Å². The fourth-order valence-corrected chi connectivity index (χ4v) is 4.74. The van der Waals surface area contributed by atoms with Crippen molar-refractivity contribution in [2.75, 3.05) is 11.9 Å². The number of nitrogens with zero attached hydrogens (tertiary/aromatic N) is 3. The summed E-state index contributed by atoms with van der Waals surface area (Å²) in [6, 6.07) is -0.825. The summed E-state index contributed by atoms with van der Waals surface area (Å²) in [5, 5.41) is 8.71. The van der Waals surface area contributed by atoms with E-state index < -0.39 is 15.9 Å². The number of urea groups is 1. The van der Waals surface area contributed by atoms with Crippen molar-refractivity contribution in [3.05, 3.63) is 33.6 Å². The van der Waals surface area contributed by atoms with E-state index in [0.717, 1.165) is 54.4 Å². The van der Waals surface area contributed by atoms with Gasteiger partial charge in [-0.3, -0.25) is 4.98 Å². The second-order valence-corrected chi connectivity index (χ2v) is 9.73. The molecule has 5 N–H and O–H groups in total. The van der Waals surface area contributed by atoms with Crippen molar-refractivity contribution in [3.63, 3.8) is 0 Å². The number of amides is 2. The van der Waals surface area contributed by atoms with E-state index in [1.54, 1.807) is 0 Å². The largest absolute Gasteiger partial charge is 0.477 e. The van der Waals surface area contributed by atoms with Crippen molar-refractivity contribution in [2.24, 2.45) is 20.2 Å². The highest BCUT2D eigenvalue weighted by Gasteiger charge is 2.26. The molecule has 0 radical (unpaired) electrons. The number of ether oxygens (including phenoxy) is 1. The van der Waals surface area contributed by atoms with Gasteiger partial charge in [0.05, 0.1) is 18.3 Å². The zero-order valence-corrected chi connectivity index (χ0v) is 18.7. The number of carbonyl (C=O) groups excluding carboxylic acids is 1. The Morgan fingerprint density at radius 2 is 2.13 bits per heavy atom. The van der Waals surface area contributed by atoms with Gasteiger partial charge in [-0.1, -0.05) is 13.8 Å². The molecule has 2 heterocycles. The Morgan fingerprint density at radius 1 is 1.40 bits per heavy atom. The number of aliphatic imine (C=N–C) groups is 1. The molecule has 0 aromatic carbocycles. The minimum Gasteiger partial charge on any atom is -0.477 e. The highest BCUT2D eigenvalue weighted by Crippen LogP contribution is 2.34. The van der Waals surface area contributed by atoms with Gasteiger partial charge in [-0.05, 0) is 50.2 Å². The Bertz CT molecular complexity index is 1040. The second-order valence-electron chi connectivity index (χ2n) is 7.97. The predicted molar refractivity (Wildman–Crippen MR) is 119 cm³/mol. The first-order valence-corrected chi connectivity index (χ1v) is 11.7. The van der Waals surface area contributed by atoms with Gasteiger partial charge in [-0.15, -0.1) is 4.36 Å². The lowest BCUT2D eigenvalue weighted by molar-refractivity contribution is 0.260. The lowest BCUT2D eigenvalue weighted by Crippen LogP contribution is -2.29. The molecule has 164 valence electrons. The van der Waals surface area contributed by atoms with Crippen molar-refractivity contribution in [2.45, 2.75) is 65.3 Å². The maximum atomic E-state index is 13.0. The highest BCUT2D eigenvalue weighted by molar-refractivity contribution is 7.96. The van der Waals surface area contributed by atoms with E-state index in [0.29, 0.717) is 12.3 Å². The van der Waals surface area contributed by atoms with Crippen LogP contribution < -0.4 is 16.2 Å².